The van der Waals surface area contributed by atoms with Crippen LogP contribution in [0.2, 0.25) is 0 Å². The van der Waals surface area contributed by atoms with Crippen LogP contribution in [-0.2, 0) is 13.0 Å². The van der Waals surface area contributed by atoms with Crippen LogP contribution < -0.4 is 25.1 Å². The Balaban J connectivity index is 1.68. The van der Waals surface area contributed by atoms with Gasteiger partial charge in [-0.3, -0.25) is 4.79 Å². The highest BCUT2D eigenvalue weighted by molar-refractivity contribution is 7.80. The average molecular weight is 486 g/mol. The van der Waals surface area contributed by atoms with Gasteiger partial charge in [0.25, 0.3) is 5.56 Å². The van der Waals surface area contributed by atoms with Crippen molar-refractivity contribution in [3.63, 3.8) is 0 Å². The molecule has 3 rings (SSSR count). The number of benzene rings is 2. The predicted octanol–water partition coefficient (Wildman–Crippen LogP) is 2.86. The maximum absolute atomic E-state index is 12.7. The van der Waals surface area contributed by atoms with Crippen LogP contribution in [0.5, 0.6) is 17.2 Å². The fraction of sp³-hybridized carbons (Fsp3) is 0.360. The van der Waals surface area contributed by atoms with Crippen molar-refractivity contribution < 1.29 is 19.3 Å². The van der Waals surface area contributed by atoms with E-state index in [4.69, 9.17) is 26.4 Å². The molecule has 0 saturated carbocycles. The number of nitrogens with one attached hydrogen (secondary N) is 2. The molecule has 34 heavy (non-hydrogen) atoms. The van der Waals surface area contributed by atoms with Crippen molar-refractivity contribution >= 4 is 28.2 Å². The van der Waals surface area contributed by atoms with Gasteiger partial charge in [0, 0.05) is 29.6 Å². The summed E-state index contributed by atoms with van der Waals surface area (Å²) in [6, 6.07) is 13.2. The molecule has 0 amide bonds. The van der Waals surface area contributed by atoms with Gasteiger partial charge in [0.1, 0.15) is 5.75 Å². The number of hydrogen-bond acceptors (Lipinski definition) is 6. The van der Waals surface area contributed by atoms with Crippen LogP contribution in [0.25, 0.3) is 10.9 Å². The van der Waals surface area contributed by atoms with E-state index in [1.165, 1.54) is 0 Å². The number of nitrogens with zero attached hydrogens (tertiary/aromatic N) is 1. The van der Waals surface area contributed by atoms with E-state index in [1.807, 2.05) is 49.4 Å². The molecule has 9 heteroatoms. The number of thiocarbonyl (C=S) groups is 1. The van der Waals surface area contributed by atoms with Gasteiger partial charge < -0.3 is 34.5 Å². The number of aromatic amines is 1. The van der Waals surface area contributed by atoms with Crippen LogP contribution in [0.1, 0.15) is 18.1 Å². The SMILES string of the molecule is CCOc1ccc2[nH]c(=O)c(CN(CCO)C(=S)NCCc3ccc(OC)c(OC)c3)cc2c1. The van der Waals surface area contributed by atoms with E-state index < -0.39 is 0 Å². The van der Waals surface area contributed by atoms with Gasteiger partial charge in [-0.15, -0.1) is 0 Å². The quantitative estimate of drug-likeness (QED) is 0.357. The summed E-state index contributed by atoms with van der Waals surface area (Å²) in [7, 11) is 3.21. The summed E-state index contributed by atoms with van der Waals surface area (Å²) in [6.07, 6.45) is 0.713. The minimum atomic E-state index is -0.187. The normalized spacial score (nSPS) is 10.7. The molecular formula is C25H31N3O5S. The Morgan fingerprint density at radius 2 is 1.91 bits per heavy atom. The Bertz CT molecular complexity index is 1180. The maximum Gasteiger partial charge on any atom is 0.253 e. The molecule has 0 atom stereocenters. The maximum atomic E-state index is 12.7. The Hall–Kier alpha value is -3.30. The van der Waals surface area contributed by atoms with E-state index in [0.29, 0.717) is 48.3 Å². The highest BCUT2D eigenvalue weighted by atomic mass is 32.1. The highest BCUT2D eigenvalue weighted by Crippen LogP contribution is 2.27. The molecule has 0 aliphatic carbocycles. The molecule has 0 unspecified atom stereocenters. The van der Waals surface area contributed by atoms with Crippen molar-refractivity contribution in [3.05, 3.63) is 63.9 Å². The number of aromatic nitrogens is 1. The van der Waals surface area contributed by atoms with Gasteiger partial charge in [-0.05, 0) is 67.5 Å². The van der Waals surface area contributed by atoms with E-state index in [-0.39, 0.29) is 18.7 Å². The number of H-pyrrole nitrogens is 1. The van der Waals surface area contributed by atoms with Crippen molar-refractivity contribution in [1.29, 1.82) is 0 Å². The first-order valence-corrected chi connectivity index (χ1v) is 11.5. The number of aliphatic hydroxyl groups is 1. The molecule has 3 aromatic rings. The minimum Gasteiger partial charge on any atom is -0.494 e. The zero-order valence-corrected chi connectivity index (χ0v) is 20.5. The zero-order valence-electron chi connectivity index (χ0n) is 19.7. The van der Waals surface area contributed by atoms with Gasteiger partial charge in [0.2, 0.25) is 0 Å². The predicted molar refractivity (Wildman–Crippen MR) is 137 cm³/mol. The van der Waals surface area contributed by atoms with E-state index in [0.717, 1.165) is 22.2 Å². The number of aliphatic hydroxyl groups excluding tert-OH is 1. The molecule has 0 spiro atoms. The van der Waals surface area contributed by atoms with Crippen LogP contribution >= 0.6 is 12.2 Å². The van der Waals surface area contributed by atoms with Crippen molar-refractivity contribution in [1.82, 2.24) is 15.2 Å². The Morgan fingerprint density at radius 3 is 2.62 bits per heavy atom. The van der Waals surface area contributed by atoms with Crippen LogP contribution in [0.3, 0.4) is 0 Å². The molecular weight excluding hydrogens is 454 g/mol. The molecule has 182 valence electrons. The smallest absolute Gasteiger partial charge is 0.253 e. The molecule has 0 aliphatic heterocycles. The van der Waals surface area contributed by atoms with Gasteiger partial charge >= 0.3 is 0 Å². The van der Waals surface area contributed by atoms with Crippen LogP contribution in [0.4, 0.5) is 0 Å². The van der Waals surface area contributed by atoms with Gasteiger partial charge in [-0.2, -0.15) is 0 Å². The lowest BCUT2D eigenvalue weighted by atomic mass is 10.1. The summed E-state index contributed by atoms with van der Waals surface area (Å²) >= 11 is 5.56. The largest absolute Gasteiger partial charge is 0.494 e. The molecule has 0 bridgehead atoms. The molecule has 0 radical (unpaired) electrons. The van der Waals surface area contributed by atoms with Gasteiger partial charge in [0.15, 0.2) is 16.6 Å². The second-order valence-corrected chi connectivity index (χ2v) is 8.01. The van der Waals surface area contributed by atoms with Gasteiger partial charge in [0.05, 0.1) is 34.0 Å². The molecule has 1 aromatic heterocycles. The summed E-state index contributed by atoms with van der Waals surface area (Å²) in [5, 5.41) is 14.1. The lowest BCUT2D eigenvalue weighted by Gasteiger charge is -2.25. The molecule has 0 aliphatic rings. The van der Waals surface area contributed by atoms with Crippen LogP contribution in [-0.4, -0.2) is 60.6 Å². The monoisotopic (exact) mass is 485 g/mol. The summed E-state index contributed by atoms with van der Waals surface area (Å²) in [6.45, 7) is 3.56. The number of pyridine rings is 1. The van der Waals surface area contributed by atoms with E-state index in [9.17, 15) is 9.90 Å². The van der Waals surface area contributed by atoms with Crippen molar-refractivity contribution in [2.45, 2.75) is 19.9 Å². The van der Waals surface area contributed by atoms with E-state index in [1.54, 1.807) is 19.1 Å². The molecule has 0 saturated heterocycles. The number of hydrogen-bond donors (Lipinski definition) is 3. The summed E-state index contributed by atoms with van der Waals surface area (Å²) in [4.78, 5) is 17.4. The lowest BCUT2D eigenvalue weighted by Crippen LogP contribution is -2.42. The Labute approximate surface area is 204 Å². The Kier molecular flexibility index (Phi) is 9.12. The summed E-state index contributed by atoms with van der Waals surface area (Å²) in [5.41, 5.74) is 2.17. The van der Waals surface area contributed by atoms with Crippen molar-refractivity contribution in [3.8, 4) is 17.2 Å². The summed E-state index contributed by atoms with van der Waals surface area (Å²) < 4.78 is 16.2. The second-order valence-electron chi connectivity index (χ2n) is 7.62. The average Bonchev–Trinajstić information content (AvgIpc) is 2.84. The molecule has 3 N–H and O–H groups in total. The topological polar surface area (TPSA) is 96.1 Å². The van der Waals surface area contributed by atoms with Gasteiger partial charge in [-0.1, -0.05) is 6.07 Å². The van der Waals surface area contributed by atoms with Crippen molar-refractivity contribution in [2.24, 2.45) is 0 Å². The fourth-order valence-corrected chi connectivity index (χ4v) is 3.90. The standard InChI is InChI=1S/C25H31N3O5S/c1-4-33-20-6-7-21-18(15-20)14-19(24(30)27-21)16-28(11-12-29)25(34)26-10-9-17-5-8-22(31-2)23(13-17)32-3/h5-8,13-15,29H,4,9-12,16H2,1-3H3,(H,26,34)(H,27,30). The first-order valence-electron chi connectivity index (χ1n) is 11.1. The minimum absolute atomic E-state index is 0.0858. The van der Waals surface area contributed by atoms with Crippen molar-refractivity contribution in [2.75, 3.05) is 40.5 Å². The number of methoxy groups -OCH3 is 2. The zero-order chi connectivity index (χ0) is 24.5. The third kappa shape index (κ3) is 6.39. The first-order chi connectivity index (χ1) is 16.5. The molecule has 2 aromatic carbocycles. The molecule has 1 heterocycles. The third-order valence-corrected chi connectivity index (χ3v) is 5.76. The van der Waals surface area contributed by atoms with E-state index in [2.05, 4.69) is 10.3 Å². The highest BCUT2D eigenvalue weighted by Gasteiger charge is 2.13. The van der Waals surface area contributed by atoms with E-state index >= 15 is 0 Å². The fourth-order valence-electron chi connectivity index (χ4n) is 3.64. The Morgan fingerprint density at radius 1 is 1.12 bits per heavy atom. The third-order valence-electron chi connectivity index (χ3n) is 5.36. The molecule has 0 fully saturated rings. The molecule has 8 nitrogen and oxygen atoms in total. The van der Waals surface area contributed by atoms with Crippen LogP contribution in [0, 0.1) is 0 Å². The second kappa shape index (κ2) is 12.2. The lowest BCUT2D eigenvalue weighted by molar-refractivity contribution is 0.245. The number of ether oxygens (including phenoxy) is 3. The summed E-state index contributed by atoms with van der Waals surface area (Å²) in [5.74, 6) is 2.10. The van der Waals surface area contributed by atoms with Gasteiger partial charge in [-0.25, -0.2) is 0 Å². The first kappa shape index (κ1) is 25.3. The number of rotatable bonds is 11. The number of fused-ring (bicyclic) bond motifs is 1. The van der Waals surface area contributed by atoms with Crippen LogP contribution in [0.15, 0.2) is 47.3 Å².